The smallest absolute Gasteiger partial charge is 0.266 e. The van der Waals surface area contributed by atoms with Crippen LogP contribution in [-0.4, -0.2) is 20.0 Å². The van der Waals surface area contributed by atoms with Gasteiger partial charge in [-0.2, -0.15) is 4.68 Å². The van der Waals surface area contributed by atoms with E-state index in [1.54, 1.807) is 0 Å². The summed E-state index contributed by atoms with van der Waals surface area (Å²) in [5.41, 5.74) is 3.13. The number of rotatable bonds is 1. The molecule has 4 aromatic rings. The van der Waals surface area contributed by atoms with Crippen molar-refractivity contribution in [1.29, 1.82) is 0 Å². The third-order valence-corrected chi connectivity index (χ3v) is 4.71. The molecule has 0 unspecified atom stereocenters. The van der Waals surface area contributed by atoms with Crippen LogP contribution >= 0.6 is 11.3 Å². The lowest BCUT2D eigenvalue weighted by atomic mass is 10.2. The summed E-state index contributed by atoms with van der Waals surface area (Å²) in [5.74, 6) is 0. The highest BCUT2D eigenvalue weighted by atomic mass is 32.1. The van der Waals surface area contributed by atoms with Gasteiger partial charge in [0.05, 0.1) is 5.69 Å². The molecular formula is C16H12N4OS. The minimum atomic E-state index is -0.153. The van der Waals surface area contributed by atoms with Crippen LogP contribution in [0.3, 0.4) is 0 Å². The Balaban J connectivity index is 2.08. The molecule has 3 aromatic heterocycles. The highest BCUT2D eigenvalue weighted by Crippen LogP contribution is 2.28. The molecule has 1 aromatic carbocycles. The first kappa shape index (κ1) is 13.1. The summed E-state index contributed by atoms with van der Waals surface area (Å²) < 4.78 is 1.95. The molecule has 4 rings (SSSR count). The summed E-state index contributed by atoms with van der Waals surface area (Å²) in [6, 6.07) is 11.5. The lowest BCUT2D eigenvalue weighted by molar-refractivity contribution is 0.737. The van der Waals surface area contributed by atoms with Crippen LogP contribution < -0.4 is 5.56 Å². The van der Waals surface area contributed by atoms with Crippen LogP contribution in [0.15, 0.2) is 41.2 Å². The summed E-state index contributed by atoms with van der Waals surface area (Å²) >= 11 is 1.37. The van der Waals surface area contributed by atoms with Gasteiger partial charge in [-0.1, -0.05) is 23.4 Å². The van der Waals surface area contributed by atoms with E-state index in [2.05, 4.69) is 15.3 Å². The van der Waals surface area contributed by atoms with E-state index in [1.807, 2.05) is 50.2 Å². The Morgan fingerprint density at radius 2 is 1.91 bits per heavy atom. The molecule has 6 heteroatoms. The molecular weight excluding hydrogens is 296 g/mol. The van der Waals surface area contributed by atoms with Crippen molar-refractivity contribution < 1.29 is 0 Å². The lowest BCUT2D eigenvalue weighted by Gasteiger charge is -2.05. The number of hydrogen-bond acceptors (Lipinski definition) is 5. The second-order valence-corrected chi connectivity index (χ2v) is 6.18. The molecule has 3 heterocycles. The summed E-state index contributed by atoms with van der Waals surface area (Å²) in [6.45, 7) is 3.88. The second kappa shape index (κ2) is 4.71. The van der Waals surface area contributed by atoms with Gasteiger partial charge in [-0.15, -0.1) is 16.4 Å². The Morgan fingerprint density at radius 3 is 2.73 bits per heavy atom. The monoisotopic (exact) mass is 308 g/mol. The van der Waals surface area contributed by atoms with E-state index < -0.39 is 0 Å². The van der Waals surface area contributed by atoms with E-state index in [0.29, 0.717) is 10.2 Å². The number of thiophene rings is 1. The quantitative estimate of drug-likeness (QED) is 0.542. The molecule has 0 spiro atoms. The molecule has 5 nitrogen and oxygen atoms in total. The summed E-state index contributed by atoms with van der Waals surface area (Å²) in [5, 5.41) is 9.26. The minimum Gasteiger partial charge on any atom is -0.266 e. The predicted molar refractivity (Wildman–Crippen MR) is 87.8 cm³/mol. The van der Waals surface area contributed by atoms with Crippen molar-refractivity contribution in [2.24, 2.45) is 0 Å². The van der Waals surface area contributed by atoms with Gasteiger partial charge in [-0.05, 0) is 37.6 Å². The SMILES string of the molecule is Cc1ccc2c(n1)sc1c(=O)n(-c3ccccc3C)nnc12. The second-order valence-electron chi connectivity index (χ2n) is 5.18. The van der Waals surface area contributed by atoms with E-state index in [-0.39, 0.29) is 5.56 Å². The van der Waals surface area contributed by atoms with Crippen LogP contribution in [0.4, 0.5) is 0 Å². The Hall–Kier alpha value is -2.60. The molecule has 0 saturated heterocycles. The van der Waals surface area contributed by atoms with E-state index in [9.17, 15) is 4.79 Å². The number of aryl methyl sites for hydroxylation is 2. The highest BCUT2D eigenvalue weighted by Gasteiger charge is 2.15. The molecule has 22 heavy (non-hydrogen) atoms. The third kappa shape index (κ3) is 1.84. The molecule has 0 bridgehead atoms. The summed E-state index contributed by atoms with van der Waals surface area (Å²) in [4.78, 5) is 18.1. The van der Waals surface area contributed by atoms with Gasteiger partial charge in [0, 0.05) is 11.1 Å². The molecule has 0 atom stereocenters. The molecule has 0 aliphatic heterocycles. The zero-order valence-electron chi connectivity index (χ0n) is 12.1. The van der Waals surface area contributed by atoms with Crippen molar-refractivity contribution >= 4 is 31.8 Å². The maximum Gasteiger partial charge on any atom is 0.292 e. The van der Waals surface area contributed by atoms with E-state index in [0.717, 1.165) is 27.2 Å². The lowest BCUT2D eigenvalue weighted by Crippen LogP contribution is -2.22. The van der Waals surface area contributed by atoms with Crippen LogP contribution in [0.2, 0.25) is 0 Å². The van der Waals surface area contributed by atoms with Crippen LogP contribution in [-0.2, 0) is 0 Å². The Bertz CT molecular complexity index is 1080. The van der Waals surface area contributed by atoms with Crippen molar-refractivity contribution in [3.05, 3.63) is 58.0 Å². The Labute approximate surface area is 129 Å². The summed E-state index contributed by atoms with van der Waals surface area (Å²) in [7, 11) is 0. The summed E-state index contributed by atoms with van der Waals surface area (Å²) in [6.07, 6.45) is 0. The van der Waals surface area contributed by atoms with E-state index in [1.165, 1.54) is 16.0 Å². The first-order chi connectivity index (χ1) is 10.6. The first-order valence-corrected chi connectivity index (χ1v) is 7.68. The number of hydrogen-bond donors (Lipinski definition) is 0. The molecule has 0 amide bonds. The Morgan fingerprint density at radius 1 is 1.09 bits per heavy atom. The topological polar surface area (TPSA) is 60.7 Å². The van der Waals surface area contributed by atoms with Gasteiger partial charge < -0.3 is 0 Å². The number of pyridine rings is 1. The van der Waals surface area contributed by atoms with Crippen LogP contribution in [0.1, 0.15) is 11.3 Å². The molecule has 108 valence electrons. The fourth-order valence-corrected chi connectivity index (χ4v) is 3.57. The van der Waals surface area contributed by atoms with Gasteiger partial charge in [0.2, 0.25) is 0 Å². The first-order valence-electron chi connectivity index (χ1n) is 6.87. The molecule has 0 fully saturated rings. The number of aromatic nitrogens is 4. The highest BCUT2D eigenvalue weighted by molar-refractivity contribution is 7.25. The van der Waals surface area contributed by atoms with Crippen molar-refractivity contribution in [3.63, 3.8) is 0 Å². The number of benzene rings is 1. The van der Waals surface area contributed by atoms with Crippen molar-refractivity contribution in [1.82, 2.24) is 20.0 Å². The maximum absolute atomic E-state index is 12.8. The number of nitrogens with zero attached hydrogens (tertiary/aromatic N) is 4. The molecule has 0 radical (unpaired) electrons. The van der Waals surface area contributed by atoms with Crippen LogP contribution in [0.5, 0.6) is 0 Å². The van der Waals surface area contributed by atoms with Gasteiger partial charge in [-0.3, -0.25) is 4.79 Å². The number of fused-ring (bicyclic) bond motifs is 3. The number of para-hydroxylation sites is 1. The standard InChI is InChI=1S/C16H12N4OS/c1-9-5-3-4-6-12(9)20-16(21)14-13(18-19-20)11-8-7-10(2)17-15(11)22-14/h3-8H,1-2H3. The molecule has 0 aliphatic rings. The zero-order valence-corrected chi connectivity index (χ0v) is 12.9. The van der Waals surface area contributed by atoms with Crippen LogP contribution in [0.25, 0.3) is 26.1 Å². The zero-order chi connectivity index (χ0) is 15.3. The van der Waals surface area contributed by atoms with Crippen molar-refractivity contribution in [3.8, 4) is 5.69 Å². The van der Waals surface area contributed by atoms with Gasteiger partial charge >= 0.3 is 0 Å². The van der Waals surface area contributed by atoms with Crippen LogP contribution in [0, 0.1) is 13.8 Å². The van der Waals surface area contributed by atoms with Gasteiger partial charge in [0.25, 0.3) is 5.56 Å². The minimum absolute atomic E-state index is 0.153. The van der Waals surface area contributed by atoms with E-state index in [4.69, 9.17) is 0 Å². The van der Waals surface area contributed by atoms with Crippen molar-refractivity contribution in [2.45, 2.75) is 13.8 Å². The van der Waals surface area contributed by atoms with E-state index >= 15 is 0 Å². The predicted octanol–water partition coefficient (Wildman–Crippen LogP) is 3.01. The fourth-order valence-electron chi connectivity index (χ4n) is 2.49. The molecule has 0 aliphatic carbocycles. The average molecular weight is 308 g/mol. The van der Waals surface area contributed by atoms with Gasteiger partial charge in [0.1, 0.15) is 15.0 Å². The normalized spacial score (nSPS) is 11.4. The maximum atomic E-state index is 12.8. The third-order valence-electron chi connectivity index (χ3n) is 3.63. The van der Waals surface area contributed by atoms with Crippen molar-refractivity contribution in [2.75, 3.05) is 0 Å². The van der Waals surface area contributed by atoms with Gasteiger partial charge in [0.15, 0.2) is 0 Å². The molecule has 0 saturated carbocycles. The molecule has 0 N–H and O–H groups in total. The average Bonchev–Trinajstić information content (AvgIpc) is 2.87. The Kier molecular flexibility index (Phi) is 2.80. The van der Waals surface area contributed by atoms with Gasteiger partial charge in [-0.25, -0.2) is 4.98 Å². The largest absolute Gasteiger partial charge is 0.292 e. The fraction of sp³-hybridized carbons (Fsp3) is 0.125.